The highest BCUT2D eigenvalue weighted by Crippen LogP contribution is 2.15. The Bertz CT molecular complexity index is 1580. The van der Waals surface area contributed by atoms with Gasteiger partial charge in [0.1, 0.15) is 18.9 Å². The smallest absolute Gasteiger partial charge is 0.326 e. The Morgan fingerprint density at radius 1 is 0.430 bits per heavy atom. The molecule has 1 unspecified atom stereocenters. The van der Waals surface area contributed by atoms with Crippen LogP contribution in [-0.2, 0) is 80.8 Å². The van der Waals surface area contributed by atoms with Crippen LogP contribution in [0.3, 0.4) is 0 Å². The molecule has 0 aliphatic rings. The van der Waals surface area contributed by atoms with Crippen molar-refractivity contribution in [1.82, 2.24) is 21.3 Å². The molecule has 506 valence electrons. The molecule has 0 rings (SSSR count). The fourth-order valence-electron chi connectivity index (χ4n) is 8.14. The molecule has 0 radical (unpaired) electrons. The number of aliphatic hydroxyl groups excluding tert-OH is 1. The van der Waals surface area contributed by atoms with Gasteiger partial charge in [-0.15, -0.1) is 0 Å². The normalized spacial score (nSPS) is 12.7. The summed E-state index contributed by atoms with van der Waals surface area (Å²) < 4.78 is 65.8. The molecule has 0 aliphatic heterocycles. The Morgan fingerprint density at radius 2 is 0.802 bits per heavy atom. The Hall–Kier alpha value is -3.50. The molecule has 6 N–H and O–H groups in total. The van der Waals surface area contributed by atoms with E-state index in [0.29, 0.717) is 204 Å². The van der Waals surface area contributed by atoms with Gasteiger partial charge >= 0.3 is 11.9 Å². The van der Waals surface area contributed by atoms with Crippen molar-refractivity contribution < 1.29 is 91.0 Å². The Morgan fingerprint density at radius 3 is 1.20 bits per heavy atom. The number of aliphatic carboxylic acids is 1. The molecule has 0 saturated carbocycles. The molecule has 0 saturated heterocycles. The first-order valence-electron chi connectivity index (χ1n) is 32.3. The van der Waals surface area contributed by atoms with Crippen molar-refractivity contribution in [3.8, 4) is 0 Å². The van der Waals surface area contributed by atoms with Gasteiger partial charge in [0.2, 0.25) is 17.7 Å². The Balaban J connectivity index is 3.91. The van der Waals surface area contributed by atoms with Gasteiger partial charge in [-0.25, -0.2) is 4.79 Å². The van der Waals surface area contributed by atoms with Gasteiger partial charge in [-0.2, -0.15) is 0 Å². The molecule has 24 heteroatoms. The number of carboxylic acid groups (broad SMARTS) is 1. The van der Waals surface area contributed by atoms with Crippen LogP contribution in [0.2, 0.25) is 0 Å². The molecule has 0 aliphatic carbocycles. The van der Waals surface area contributed by atoms with Gasteiger partial charge in [-0.05, 0) is 72.4 Å². The number of unbranched alkanes of at least 4 members (excludes halogenated alkanes) is 14. The number of rotatable bonds is 68. The number of ether oxygens (including phenoxy) is 12. The monoisotopic (exact) mass is 1240 g/mol. The van der Waals surface area contributed by atoms with Crippen LogP contribution in [0.5, 0.6) is 0 Å². The second-order valence-electron chi connectivity index (χ2n) is 21.9. The lowest BCUT2D eigenvalue weighted by Crippen LogP contribution is -2.50. The minimum absolute atomic E-state index is 0.0141. The highest BCUT2D eigenvalue weighted by molar-refractivity contribution is 5.84. The molecule has 0 fully saturated rings. The summed E-state index contributed by atoms with van der Waals surface area (Å²) in [5, 5.41) is 32.0. The van der Waals surface area contributed by atoms with E-state index in [0.717, 1.165) is 25.7 Å². The van der Waals surface area contributed by atoms with E-state index in [2.05, 4.69) is 39.9 Å². The first kappa shape index (κ1) is 82.5. The largest absolute Gasteiger partial charge is 0.480 e. The zero-order valence-corrected chi connectivity index (χ0v) is 53.7. The molecule has 24 nitrogen and oxygen atoms in total. The van der Waals surface area contributed by atoms with E-state index in [1.165, 1.54) is 57.8 Å². The number of nitrogens with zero attached hydrogens (tertiary/aromatic N) is 1. The molecule has 3 atom stereocenters. The standard InChI is InChI=1S/C62H119N5O19/c1-6-7-8-9-10-11-12-13-14-15-16-17-18-24-58(70)67-55(60(72)73)26-27-56(68)64-29-22-19-23-54(66-57(69)25-20-21-28-63-5)59(71)65-30-31-75-32-33-76-34-35-77-36-37-78-38-39-79-40-41-80-42-43-81-44-45-82-46-47-83-48-49-84-50-51-85-52-53-86-61(74)62(2,3)4/h54-55,59,65,71H,5-53H2,1-4H3,(H,64,68)(H,66,69)(H,67,70)(H,72,73)/t54-,55-,59?/m1/s1. The van der Waals surface area contributed by atoms with Gasteiger partial charge in [0.15, 0.2) is 0 Å². The maximum atomic E-state index is 12.7. The number of carbonyl (C=O) groups is 5. The van der Waals surface area contributed by atoms with Crippen molar-refractivity contribution in [3.63, 3.8) is 0 Å². The first-order valence-corrected chi connectivity index (χ1v) is 32.3. The summed E-state index contributed by atoms with van der Waals surface area (Å²) in [6, 6.07) is -1.72. The van der Waals surface area contributed by atoms with Crippen molar-refractivity contribution >= 4 is 36.4 Å². The third kappa shape index (κ3) is 59.5. The fraction of sp³-hybridized carbons (Fsp3) is 0.903. The Kier molecular flexibility index (Phi) is 60.5. The molecular weight excluding hydrogens is 1120 g/mol. The molecule has 86 heavy (non-hydrogen) atoms. The van der Waals surface area contributed by atoms with Crippen molar-refractivity contribution in [2.45, 2.75) is 187 Å². The maximum Gasteiger partial charge on any atom is 0.326 e. The third-order valence-electron chi connectivity index (χ3n) is 13.2. The molecule has 0 heterocycles. The van der Waals surface area contributed by atoms with Crippen molar-refractivity contribution in [1.29, 1.82) is 0 Å². The van der Waals surface area contributed by atoms with E-state index in [1.807, 2.05) is 20.8 Å². The van der Waals surface area contributed by atoms with Crippen LogP contribution in [0.25, 0.3) is 0 Å². The van der Waals surface area contributed by atoms with Crippen molar-refractivity contribution in [2.24, 2.45) is 10.4 Å². The van der Waals surface area contributed by atoms with Crippen molar-refractivity contribution in [3.05, 3.63) is 0 Å². The van der Waals surface area contributed by atoms with Gasteiger partial charge in [0, 0.05) is 38.9 Å². The van der Waals surface area contributed by atoms with Gasteiger partial charge < -0.3 is 88.0 Å². The zero-order chi connectivity index (χ0) is 63.1. The maximum absolute atomic E-state index is 12.7. The first-order chi connectivity index (χ1) is 41.8. The number of aliphatic hydroxyl groups is 1. The molecule has 0 spiro atoms. The van der Waals surface area contributed by atoms with E-state index >= 15 is 0 Å². The lowest BCUT2D eigenvalue weighted by molar-refractivity contribution is -0.154. The number of hydrogen-bond donors (Lipinski definition) is 6. The predicted molar refractivity (Wildman–Crippen MR) is 330 cm³/mol. The van der Waals surface area contributed by atoms with E-state index in [9.17, 15) is 34.2 Å². The summed E-state index contributed by atoms with van der Waals surface area (Å²) >= 11 is 0. The highest BCUT2D eigenvalue weighted by atomic mass is 16.6. The summed E-state index contributed by atoms with van der Waals surface area (Å²) in [4.78, 5) is 65.2. The number of hydrogen-bond acceptors (Lipinski definition) is 20. The highest BCUT2D eigenvalue weighted by Gasteiger charge is 2.24. The van der Waals surface area contributed by atoms with Gasteiger partial charge in [-0.1, -0.05) is 84.0 Å². The van der Waals surface area contributed by atoms with E-state index in [1.54, 1.807) is 0 Å². The number of aliphatic imine (C=N–C) groups is 1. The summed E-state index contributed by atoms with van der Waals surface area (Å²) in [5.41, 5.74) is -0.517. The number of esters is 1. The Labute approximate surface area is 516 Å². The van der Waals surface area contributed by atoms with Crippen LogP contribution in [0.1, 0.15) is 169 Å². The third-order valence-corrected chi connectivity index (χ3v) is 13.2. The fourth-order valence-corrected chi connectivity index (χ4v) is 8.14. The number of amides is 3. The van der Waals surface area contributed by atoms with E-state index in [4.69, 9.17) is 56.8 Å². The lowest BCUT2D eigenvalue weighted by Gasteiger charge is -2.25. The topological polar surface area (TPSA) is 297 Å². The summed E-state index contributed by atoms with van der Waals surface area (Å²) in [5.74, 6) is -2.22. The second kappa shape index (κ2) is 63.1. The molecule has 0 aromatic heterocycles. The number of carbonyl (C=O) groups excluding carboxylic acids is 4. The molecule has 0 bridgehead atoms. The van der Waals surface area contributed by atoms with Crippen molar-refractivity contribution in [2.75, 3.05) is 172 Å². The molecule has 3 amide bonds. The quantitative estimate of drug-likeness (QED) is 0.0172. The molecular formula is C62H119N5O19. The summed E-state index contributed by atoms with van der Waals surface area (Å²) in [6.45, 7) is 22.0. The van der Waals surface area contributed by atoms with E-state index < -0.39 is 29.7 Å². The minimum atomic E-state index is -1.17. The SMILES string of the molecule is C=NCCCCC(=O)N[C@H](CCCCNC(=O)CC[C@@H](NC(=O)CCCCCCCCCCCCCCC)C(=O)O)C(O)NCCOCCOCCOCCOCCOCCOCCOCCOCCOCCOCCOCCOC(=O)C(C)(C)C. The number of nitrogens with one attached hydrogen (secondary N) is 4. The predicted octanol–water partition coefficient (Wildman–Crippen LogP) is 6.14. The van der Waals surface area contributed by atoms with Crippen LogP contribution in [0.15, 0.2) is 4.99 Å². The van der Waals surface area contributed by atoms with Crippen LogP contribution in [0, 0.1) is 5.41 Å². The van der Waals surface area contributed by atoms with Gasteiger partial charge in [0.05, 0.1) is 157 Å². The lowest BCUT2D eigenvalue weighted by atomic mass is 9.97. The second-order valence-corrected chi connectivity index (χ2v) is 21.9. The average molecular weight is 1240 g/mol. The van der Waals surface area contributed by atoms with Gasteiger partial charge in [0.25, 0.3) is 0 Å². The minimum Gasteiger partial charge on any atom is -0.480 e. The van der Waals surface area contributed by atoms with E-state index in [-0.39, 0.29) is 49.6 Å². The molecule has 0 aromatic carbocycles. The number of carboxylic acids is 1. The van der Waals surface area contributed by atoms with Gasteiger partial charge in [-0.3, -0.25) is 24.5 Å². The summed E-state index contributed by atoms with van der Waals surface area (Å²) in [7, 11) is 0. The van der Waals surface area contributed by atoms with Crippen LogP contribution in [0.4, 0.5) is 0 Å². The summed E-state index contributed by atoms with van der Waals surface area (Å²) in [6.07, 6.45) is 18.0. The average Bonchev–Trinajstić information content (AvgIpc) is 3.57. The zero-order valence-electron chi connectivity index (χ0n) is 53.7. The van der Waals surface area contributed by atoms with Crippen LogP contribution < -0.4 is 21.3 Å². The molecule has 0 aromatic rings. The van der Waals surface area contributed by atoms with Crippen LogP contribution >= 0.6 is 0 Å². The van der Waals surface area contributed by atoms with Crippen LogP contribution in [-0.4, -0.2) is 236 Å².